The fourth-order valence-electron chi connectivity index (χ4n) is 6.56. The van der Waals surface area contributed by atoms with Crippen LogP contribution in [0.3, 0.4) is 0 Å². The zero-order valence-corrected chi connectivity index (χ0v) is 27.2. The molecule has 1 aliphatic rings. The molecular formula is C36H72O3. The van der Waals surface area contributed by atoms with Crippen molar-refractivity contribution >= 4 is 0 Å². The minimum Gasteiger partial charge on any atom is -0.206 e. The summed E-state index contributed by atoms with van der Waals surface area (Å²) in [6, 6.07) is 0. The summed E-state index contributed by atoms with van der Waals surface area (Å²) < 4.78 is 0. The third kappa shape index (κ3) is 20.4. The molecule has 1 atom stereocenters. The van der Waals surface area contributed by atoms with Gasteiger partial charge in [-0.15, -0.1) is 0 Å². The fourth-order valence-corrected chi connectivity index (χ4v) is 6.56. The van der Waals surface area contributed by atoms with E-state index in [-0.39, 0.29) is 5.60 Å². The molecule has 39 heavy (non-hydrogen) atoms. The normalized spacial score (nSPS) is 17.2. The molecule has 0 amide bonds. The predicted molar refractivity (Wildman–Crippen MR) is 170 cm³/mol. The maximum atomic E-state index is 6.13. The van der Waals surface area contributed by atoms with E-state index >= 15 is 0 Å². The van der Waals surface area contributed by atoms with Gasteiger partial charge in [0.15, 0.2) is 0 Å². The third-order valence-electron chi connectivity index (χ3n) is 9.32. The summed E-state index contributed by atoms with van der Waals surface area (Å²) >= 11 is 0. The molecule has 1 unspecified atom stereocenters. The van der Waals surface area contributed by atoms with Crippen molar-refractivity contribution in [3.05, 3.63) is 0 Å². The smallest absolute Gasteiger partial charge is 0.112 e. The van der Waals surface area contributed by atoms with Gasteiger partial charge >= 0.3 is 0 Å². The van der Waals surface area contributed by atoms with E-state index in [2.05, 4.69) is 20.8 Å². The van der Waals surface area contributed by atoms with Gasteiger partial charge in [-0.05, 0) is 19.3 Å². The van der Waals surface area contributed by atoms with E-state index in [1.807, 2.05) is 0 Å². The Bertz CT molecular complexity index is 458. The van der Waals surface area contributed by atoms with Crippen molar-refractivity contribution in [1.29, 1.82) is 0 Å². The monoisotopic (exact) mass is 553 g/mol. The van der Waals surface area contributed by atoms with Crippen LogP contribution in [0.1, 0.15) is 213 Å². The Morgan fingerprint density at radius 3 is 1.15 bits per heavy atom. The zero-order valence-electron chi connectivity index (χ0n) is 27.2. The van der Waals surface area contributed by atoms with Crippen LogP contribution in [0.5, 0.6) is 0 Å². The molecule has 0 aromatic heterocycles. The van der Waals surface area contributed by atoms with Gasteiger partial charge < -0.3 is 0 Å². The first-order chi connectivity index (χ1) is 19.3. The molecule has 0 aromatic rings. The molecular weight excluding hydrogens is 480 g/mol. The average molecular weight is 553 g/mol. The van der Waals surface area contributed by atoms with E-state index in [4.69, 9.17) is 14.8 Å². The van der Waals surface area contributed by atoms with Crippen molar-refractivity contribution in [3.63, 3.8) is 0 Å². The zero-order chi connectivity index (χ0) is 28.1. The van der Waals surface area contributed by atoms with Crippen molar-refractivity contribution < 1.29 is 14.8 Å². The molecule has 1 saturated heterocycles. The van der Waals surface area contributed by atoms with Gasteiger partial charge in [-0.3, -0.25) is 0 Å². The molecule has 0 aliphatic carbocycles. The van der Waals surface area contributed by atoms with Crippen LogP contribution in [0.2, 0.25) is 0 Å². The summed E-state index contributed by atoms with van der Waals surface area (Å²) in [7, 11) is 0. The highest BCUT2D eigenvalue weighted by Crippen LogP contribution is 2.40. The largest absolute Gasteiger partial charge is 0.206 e. The predicted octanol–water partition coefficient (Wildman–Crippen LogP) is 13.0. The molecule has 1 rings (SSSR count). The van der Waals surface area contributed by atoms with Gasteiger partial charge in [0.05, 0.1) is 6.61 Å². The molecule has 1 fully saturated rings. The van der Waals surface area contributed by atoms with Crippen molar-refractivity contribution in [2.75, 3.05) is 6.61 Å². The van der Waals surface area contributed by atoms with Gasteiger partial charge in [-0.2, -0.15) is 4.89 Å². The minimum absolute atomic E-state index is 0.124. The highest BCUT2D eigenvalue weighted by molar-refractivity contribution is 4.88. The van der Waals surface area contributed by atoms with Crippen LogP contribution >= 0.6 is 0 Å². The molecule has 1 heterocycles. The van der Waals surface area contributed by atoms with Crippen molar-refractivity contribution in [3.8, 4) is 0 Å². The molecule has 0 aromatic carbocycles. The van der Waals surface area contributed by atoms with Gasteiger partial charge in [0.2, 0.25) is 0 Å². The van der Waals surface area contributed by atoms with Gasteiger partial charge in [-0.25, -0.2) is 4.89 Å². The lowest BCUT2D eigenvalue weighted by atomic mass is 9.76. The molecule has 0 saturated carbocycles. The second-order valence-electron chi connectivity index (χ2n) is 13.0. The fraction of sp³-hybridized carbons (Fsp3) is 1.00. The summed E-state index contributed by atoms with van der Waals surface area (Å²) in [4.78, 5) is 11.6. The Kier molecular flexibility index (Phi) is 26.5. The summed E-state index contributed by atoms with van der Waals surface area (Å²) in [6.45, 7) is 7.62. The van der Waals surface area contributed by atoms with Gasteiger partial charge in [-0.1, -0.05) is 199 Å². The van der Waals surface area contributed by atoms with E-state index < -0.39 is 0 Å². The quantitative estimate of drug-likeness (QED) is 0.0655. The first-order valence-corrected chi connectivity index (χ1v) is 18.3. The summed E-state index contributed by atoms with van der Waals surface area (Å²) in [5.74, 6) is 0.485. The molecule has 3 nitrogen and oxygen atoms in total. The first-order valence-electron chi connectivity index (χ1n) is 18.3. The Balaban J connectivity index is 2.42. The molecule has 0 N–H and O–H groups in total. The summed E-state index contributed by atoms with van der Waals surface area (Å²) in [5, 5.41) is 5.27. The van der Waals surface area contributed by atoms with Crippen LogP contribution in [0.4, 0.5) is 0 Å². The van der Waals surface area contributed by atoms with Crippen molar-refractivity contribution in [2.45, 2.75) is 219 Å². The van der Waals surface area contributed by atoms with Gasteiger partial charge in [0.1, 0.15) is 5.60 Å². The SMILES string of the molecule is CCCCCCCCCCCC1COOOC1(CCCCCCCCCCC)CCCCCCCCCCC. The van der Waals surface area contributed by atoms with Crippen LogP contribution < -0.4 is 0 Å². The van der Waals surface area contributed by atoms with Crippen LogP contribution in [0, 0.1) is 5.92 Å². The van der Waals surface area contributed by atoms with Gasteiger partial charge in [0.25, 0.3) is 0 Å². The van der Waals surface area contributed by atoms with Crippen molar-refractivity contribution in [1.82, 2.24) is 0 Å². The summed E-state index contributed by atoms with van der Waals surface area (Å²) in [5.41, 5.74) is -0.124. The standard InChI is InChI=1S/C36H72O3/c1-4-7-10-13-16-19-22-25-28-31-35-34-37-39-38-36(35,32-29-26-23-20-17-14-11-8-5-2)33-30-27-24-21-18-15-12-9-6-3/h35H,4-34H2,1-3H3. The van der Waals surface area contributed by atoms with E-state index in [1.54, 1.807) is 0 Å². The molecule has 0 bridgehead atoms. The lowest BCUT2D eigenvalue weighted by Gasteiger charge is -2.42. The number of hydrogen-bond donors (Lipinski definition) is 0. The van der Waals surface area contributed by atoms with Crippen LogP contribution in [0.25, 0.3) is 0 Å². The molecule has 1 aliphatic heterocycles. The first kappa shape index (κ1) is 36.9. The van der Waals surface area contributed by atoms with Crippen LogP contribution in [0.15, 0.2) is 0 Å². The van der Waals surface area contributed by atoms with Crippen molar-refractivity contribution in [2.24, 2.45) is 5.92 Å². The third-order valence-corrected chi connectivity index (χ3v) is 9.32. The Labute approximate surface area is 246 Å². The second-order valence-corrected chi connectivity index (χ2v) is 13.0. The van der Waals surface area contributed by atoms with E-state index in [0.29, 0.717) is 12.5 Å². The minimum atomic E-state index is -0.124. The van der Waals surface area contributed by atoms with Crippen LogP contribution in [-0.2, 0) is 14.8 Å². The molecule has 3 heteroatoms. The highest BCUT2D eigenvalue weighted by Gasteiger charge is 2.43. The topological polar surface area (TPSA) is 27.7 Å². The Morgan fingerprint density at radius 2 is 0.769 bits per heavy atom. The summed E-state index contributed by atoms with van der Waals surface area (Å²) in [6.07, 6.45) is 40.8. The van der Waals surface area contributed by atoms with E-state index in [0.717, 1.165) is 12.8 Å². The average Bonchev–Trinajstić information content (AvgIpc) is 2.95. The van der Waals surface area contributed by atoms with E-state index in [9.17, 15) is 0 Å². The van der Waals surface area contributed by atoms with Crippen LogP contribution in [-0.4, -0.2) is 12.2 Å². The lowest BCUT2D eigenvalue weighted by molar-refractivity contribution is -0.581. The molecule has 0 radical (unpaired) electrons. The second kappa shape index (κ2) is 28.0. The number of unbranched alkanes of at least 4 members (excludes halogenated alkanes) is 24. The maximum Gasteiger partial charge on any atom is 0.112 e. The molecule has 234 valence electrons. The molecule has 0 spiro atoms. The maximum absolute atomic E-state index is 6.13. The number of hydrogen-bond acceptors (Lipinski definition) is 3. The van der Waals surface area contributed by atoms with E-state index in [1.165, 1.54) is 180 Å². The highest BCUT2D eigenvalue weighted by atomic mass is 17.5. The van der Waals surface area contributed by atoms with Gasteiger partial charge in [0, 0.05) is 5.92 Å². The lowest BCUT2D eigenvalue weighted by Crippen LogP contribution is -2.47. The number of rotatable bonds is 30. The Hall–Kier alpha value is -0.120. The Morgan fingerprint density at radius 1 is 0.436 bits per heavy atom.